The zero-order valence-corrected chi connectivity index (χ0v) is 10.0. The molecule has 0 fully saturated rings. The summed E-state index contributed by atoms with van der Waals surface area (Å²) in [4.78, 5) is 11.4. The third kappa shape index (κ3) is 6.47. The first kappa shape index (κ1) is 14.4. The van der Waals surface area contributed by atoms with E-state index in [-0.39, 0.29) is 17.9 Å². The summed E-state index contributed by atoms with van der Waals surface area (Å²) in [5, 5.41) is 11.6. The van der Waals surface area contributed by atoms with Crippen LogP contribution in [-0.4, -0.2) is 30.2 Å². The number of aliphatic hydroxyl groups is 1. The van der Waals surface area contributed by atoms with Crippen LogP contribution in [-0.2, 0) is 4.79 Å². The van der Waals surface area contributed by atoms with E-state index in [0.29, 0.717) is 13.0 Å². The fraction of sp³-hybridized carbons (Fsp3) is 0.909. The van der Waals surface area contributed by atoms with Crippen LogP contribution in [0.25, 0.3) is 0 Å². The van der Waals surface area contributed by atoms with Crippen molar-refractivity contribution >= 4 is 5.91 Å². The quantitative estimate of drug-likeness (QED) is 0.584. The largest absolute Gasteiger partial charge is 0.396 e. The Morgan fingerprint density at radius 2 is 2.13 bits per heavy atom. The van der Waals surface area contributed by atoms with Crippen molar-refractivity contribution in [1.29, 1.82) is 0 Å². The highest BCUT2D eigenvalue weighted by molar-refractivity contribution is 5.81. The SMILES string of the molecule is CC[C@@H](N)C(=O)NCC(C)(C)CCCO. The molecule has 0 saturated heterocycles. The number of carbonyl (C=O) groups excluding carboxylic acids is 1. The van der Waals surface area contributed by atoms with Gasteiger partial charge in [0.2, 0.25) is 5.91 Å². The number of nitrogens with two attached hydrogens (primary N) is 1. The highest BCUT2D eigenvalue weighted by Gasteiger charge is 2.19. The maximum absolute atomic E-state index is 11.4. The molecule has 4 heteroatoms. The minimum Gasteiger partial charge on any atom is -0.396 e. The molecule has 4 N–H and O–H groups in total. The second kappa shape index (κ2) is 6.80. The van der Waals surface area contributed by atoms with Gasteiger partial charge in [-0.15, -0.1) is 0 Å². The summed E-state index contributed by atoms with van der Waals surface area (Å²) in [6, 6.07) is -0.404. The van der Waals surface area contributed by atoms with Crippen molar-refractivity contribution in [2.45, 2.75) is 46.1 Å². The number of nitrogens with one attached hydrogen (secondary N) is 1. The van der Waals surface area contributed by atoms with Crippen LogP contribution in [0.1, 0.15) is 40.0 Å². The second-order valence-corrected chi connectivity index (χ2v) is 4.72. The Morgan fingerprint density at radius 1 is 1.53 bits per heavy atom. The fourth-order valence-corrected chi connectivity index (χ4v) is 1.29. The van der Waals surface area contributed by atoms with E-state index in [2.05, 4.69) is 19.2 Å². The van der Waals surface area contributed by atoms with Crippen LogP contribution in [0.3, 0.4) is 0 Å². The van der Waals surface area contributed by atoms with E-state index < -0.39 is 6.04 Å². The molecule has 0 aliphatic heterocycles. The van der Waals surface area contributed by atoms with Crippen molar-refractivity contribution < 1.29 is 9.90 Å². The van der Waals surface area contributed by atoms with Crippen LogP contribution in [0, 0.1) is 5.41 Å². The van der Waals surface area contributed by atoms with Crippen molar-refractivity contribution in [2.24, 2.45) is 11.1 Å². The summed E-state index contributed by atoms with van der Waals surface area (Å²) in [7, 11) is 0. The average Bonchev–Trinajstić information content (AvgIpc) is 2.22. The van der Waals surface area contributed by atoms with E-state index in [1.807, 2.05) is 6.92 Å². The highest BCUT2D eigenvalue weighted by Crippen LogP contribution is 2.20. The molecule has 0 heterocycles. The van der Waals surface area contributed by atoms with Crippen LogP contribution in [0.2, 0.25) is 0 Å². The van der Waals surface area contributed by atoms with Gasteiger partial charge >= 0.3 is 0 Å². The van der Waals surface area contributed by atoms with Gasteiger partial charge in [0.15, 0.2) is 0 Å². The summed E-state index contributed by atoms with van der Waals surface area (Å²) < 4.78 is 0. The number of carbonyl (C=O) groups is 1. The van der Waals surface area contributed by atoms with Gasteiger partial charge in [0.1, 0.15) is 0 Å². The van der Waals surface area contributed by atoms with Gasteiger partial charge in [-0.25, -0.2) is 0 Å². The molecular weight excluding hydrogens is 192 g/mol. The van der Waals surface area contributed by atoms with Gasteiger partial charge in [-0.05, 0) is 24.7 Å². The second-order valence-electron chi connectivity index (χ2n) is 4.72. The van der Waals surface area contributed by atoms with Gasteiger partial charge in [0.25, 0.3) is 0 Å². The zero-order chi connectivity index (χ0) is 11.9. The molecule has 4 nitrogen and oxygen atoms in total. The molecule has 0 radical (unpaired) electrons. The summed E-state index contributed by atoms with van der Waals surface area (Å²) in [5.41, 5.74) is 5.61. The number of hydrogen-bond acceptors (Lipinski definition) is 3. The van der Waals surface area contributed by atoms with Gasteiger partial charge < -0.3 is 16.2 Å². The topological polar surface area (TPSA) is 75.4 Å². The van der Waals surface area contributed by atoms with Crippen LogP contribution < -0.4 is 11.1 Å². The lowest BCUT2D eigenvalue weighted by Gasteiger charge is -2.25. The van der Waals surface area contributed by atoms with Gasteiger partial charge in [-0.2, -0.15) is 0 Å². The van der Waals surface area contributed by atoms with Gasteiger partial charge in [0, 0.05) is 13.2 Å². The van der Waals surface area contributed by atoms with Crippen molar-refractivity contribution in [3.8, 4) is 0 Å². The van der Waals surface area contributed by atoms with Crippen LogP contribution >= 0.6 is 0 Å². The van der Waals surface area contributed by atoms with E-state index in [0.717, 1.165) is 12.8 Å². The van der Waals surface area contributed by atoms with Crippen molar-refractivity contribution in [2.75, 3.05) is 13.2 Å². The zero-order valence-electron chi connectivity index (χ0n) is 10.0. The molecule has 0 aromatic heterocycles. The average molecular weight is 216 g/mol. The maximum atomic E-state index is 11.4. The van der Waals surface area contributed by atoms with Crippen LogP contribution in [0.15, 0.2) is 0 Å². The maximum Gasteiger partial charge on any atom is 0.236 e. The molecule has 0 spiro atoms. The Kier molecular flexibility index (Phi) is 6.52. The molecule has 1 atom stereocenters. The first-order valence-corrected chi connectivity index (χ1v) is 5.57. The van der Waals surface area contributed by atoms with Crippen LogP contribution in [0.4, 0.5) is 0 Å². The lowest BCUT2D eigenvalue weighted by molar-refractivity contribution is -0.122. The molecule has 90 valence electrons. The van der Waals surface area contributed by atoms with Crippen LogP contribution in [0.5, 0.6) is 0 Å². The summed E-state index contributed by atoms with van der Waals surface area (Å²) in [6.45, 7) is 6.84. The highest BCUT2D eigenvalue weighted by atomic mass is 16.2. The van der Waals surface area contributed by atoms with E-state index in [1.165, 1.54) is 0 Å². The number of amides is 1. The van der Waals surface area contributed by atoms with Gasteiger partial charge in [0.05, 0.1) is 6.04 Å². The standard InChI is InChI=1S/C11H24N2O2/c1-4-9(12)10(15)13-8-11(2,3)6-5-7-14/h9,14H,4-8,12H2,1-3H3,(H,13,15)/t9-/m1/s1. The summed E-state index contributed by atoms with van der Waals surface area (Å²) in [5.74, 6) is -0.0884. The van der Waals surface area contributed by atoms with Crippen molar-refractivity contribution in [3.63, 3.8) is 0 Å². The summed E-state index contributed by atoms with van der Waals surface area (Å²) in [6.07, 6.45) is 2.32. The number of rotatable bonds is 7. The summed E-state index contributed by atoms with van der Waals surface area (Å²) >= 11 is 0. The molecule has 0 unspecified atom stereocenters. The van der Waals surface area contributed by atoms with E-state index in [4.69, 9.17) is 10.8 Å². The molecule has 15 heavy (non-hydrogen) atoms. The first-order chi connectivity index (χ1) is 6.93. The Morgan fingerprint density at radius 3 is 2.60 bits per heavy atom. The molecule has 0 aromatic rings. The van der Waals surface area contributed by atoms with E-state index >= 15 is 0 Å². The molecule has 1 amide bonds. The van der Waals surface area contributed by atoms with E-state index in [1.54, 1.807) is 0 Å². The molecule has 0 saturated carbocycles. The van der Waals surface area contributed by atoms with Crippen molar-refractivity contribution in [3.05, 3.63) is 0 Å². The fourth-order valence-electron chi connectivity index (χ4n) is 1.29. The Bertz CT molecular complexity index is 193. The Labute approximate surface area is 92.2 Å². The van der Waals surface area contributed by atoms with Gasteiger partial charge in [-0.1, -0.05) is 20.8 Å². The third-order valence-corrected chi connectivity index (χ3v) is 2.53. The van der Waals surface area contributed by atoms with Crippen molar-refractivity contribution in [1.82, 2.24) is 5.32 Å². The normalized spacial score (nSPS) is 13.7. The smallest absolute Gasteiger partial charge is 0.236 e. The first-order valence-electron chi connectivity index (χ1n) is 5.57. The third-order valence-electron chi connectivity index (χ3n) is 2.53. The number of hydrogen-bond donors (Lipinski definition) is 3. The molecular formula is C11H24N2O2. The molecule has 0 bridgehead atoms. The predicted molar refractivity (Wildman–Crippen MR) is 61.4 cm³/mol. The molecule has 0 aliphatic rings. The molecule has 0 aromatic carbocycles. The van der Waals surface area contributed by atoms with Gasteiger partial charge in [-0.3, -0.25) is 4.79 Å². The molecule has 0 aliphatic carbocycles. The minimum atomic E-state index is -0.404. The Hall–Kier alpha value is -0.610. The molecule has 0 rings (SSSR count). The Balaban J connectivity index is 3.86. The predicted octanol–water partition coefficient (Wildman–Crippen LogP) is 0.639. The monoisotopic (exact) mass is 216 g/mol. The minimum absolute atomic E-state index is 0.0197. The van der Waals surface area contributed by atoms with E-state index in [9.17, 15) is 4.79 Å². The lowest BCUT2D eigenvalue weighted by atomic mass is 9.88. The lowest BCUT2D eigenvalue weighted by Crippen LogP contribution is -2.43. The number of aliphatic hydroxyl groups excluding tert-OH is 1.